The van der Waals surface area contributed by atoms with Gasteiger partial charge < -0.3 is 15.0 Å². The highest BCUT2D eigenvalue weighted by Gasteiger charge is 2.22. The second-order valence-electron chi connectivity index (χ2n) is 5.37. The maximum absolute atomic E-state index is 12.1. The van der Waals surface area contributed by atoms with E-state index in [2.05, 4.69) is 17.3 Å². The lowest BCUT2D eigenvalue weighted by Crippen LogP contribution is -2.38. The molecule has 0 unspecified atom stereocenters. The van der Waals surface area contributed by atoms with Crippen molar-refractivity contribution in [2.24, 2.45) is 5.92 Å². The summed E-state index contributed by atoms with van der Waals surface area (Å²) in [6, 6.07) is 7.89. The summed E-state index contributed by atoms with van der Waals surface area (Å²) in [5.74, 6) is 1.23. The molecule has 1 aliphatic rings. The molecular formula is C16H24N2O2. The maximum Gasteiger partial charge on any atom is 0.223 e. The minimum Gasteiger partial charge on any atom is -0.494 e. The van der Waals surface area contributed by atoms with Crippen molar-refractivity contribution < 1.29 is 9.53 Å². The fourth-order valence-electron chi connectivity index (χ4n) is 2.47. The zero-order valence-corrected chi connectivity index (χ0v) is 12.4. The molecular weight excluding hydrogens is 252 g/mol. The Kier molecular flexibility index (Phi) is 5.41. The number of amides is 1. The fraction of sp³-hybridized carbons (Fsp3) is 0.562. The van der Waals surface area contributed by atoms with Crippen LogP contribution in [0, 0.1) is 5.92 Å². The highest BCUT2D eigenvalue weighted by Crippen LogP contribution is 2.16. The summed E-state index contributed by atoms with van der Waals surface area (Å²) < 4.78 is 5.40. The van der Waals surface area contributed by atoms with Gasteiger partial charge in [0.2, 0.25) is 5.91 Å². The maximum atomic E-state index is 12.1. The third-order valence-corrected chi connectivity index (χ3v) is 3.79. The molecule has 0 aromatic heterocycles. The molecule has 4 nitrogen and oxygen atoms in total. The minimum absolute atomic E-state index is 0.175. The van der Waals surface area contributed by atoms with Crippen LogP contribution in [-0.4, -0.2) is 37.6 Å². The van der Waals surface area contributed by atoms with Crippen LogP contribution >= 0.6 is 0 Å². The van der Waals surface area contributed by atoms with Gasteiger partial charge in [-0.3, -0.25) is 4.79 Å². The number of likely N-dealkylation sites (tertiary alicyclic amines) is 1. The van der Waals surface area contributed by atoms with Crippen molar-refractivity contribution in [1.29, 1.82) is 0 Å². The second-order valence-corrected chi connectivity index (χ2v) is 5.37. The molecule has 1 heterocycles. The van der Waals surface area contributed by atoms with Crippen LogP contribution in [0.15, 0.2) is 24.3 Å². The molecule has 4 heteroatoms. The highest BCUT2D eigenvalue weighted by molar-refractivity contribution is 5.78. The summed E-state index contributed by atoms with van der Waals surface area (Å²) in [7, 11) is 2.11. The van der Waals surface area contributed by atoms with Gasteiger partial charge in [-0.2, -0.15) is 0 Å². The van der Waals surface area contributed by atoms with Crippen molar-refractivity contribution >= 4 is 5.91 Å². The molecule has 0 atom stereocenters. The molecule has 1 amide bonds. The molecule has 20 heavy (non-hydrogen) atoms. The number of carbonyl (C=O) groups excluding carboxylic acids is 1. The summed E-state index contributed by atoms with van der Waals surface area (Å²) in [4.78, 5) is 14.4. The van der Waals surface area contributed by atoms with Crippen LogP contribution in [0.2, 0.25) is 0 Å². The van der Waals surface area contributed by atoms with E-state index in [-0.39, 0.29) is 11.8 Å². The standard InChI is InChI=1S/C16H24N2O2/c1-3-20-15-6-4-13(5-7-15)12-17-16(19)14-8-10-18(2)11-9-14/h4-7,14H,3,8-12H2,1-2H3,(H,17,19). The Hall–Kier alpha value is -1.55. The van der Waals surface area contributed by atoms with Crippen LogP contribution < -0.4 is 10.1 Å². The fourth-order valence-corrected chi connectivity index (χ4v) is 2.47. The van der Waals surface area contributed by atoms with E-state index in [0.717, 1.165) is 37.2 Å². The first kappa shape index (κ1) is 14.9. The van der Waals surface area contributed by atoms with E-state index in [9.17, 15) is 4.79 Å². The number of nitrogens with zero attached hydrogens (tertiary/aromatic N) is 1. The van der Waals surface area contributed by atoms with Crippen LogP contribution in [-0.2, 0) is 11.3 Å². The molecule has 1 N–H and O–H groups in total. The van der Waals surface area contributed by atoms with E-state index in [1.807, 2.05) is 31.2 Å². The SMILES string of the molecule is CCOc1ccc(CNC(=O)C2CCN(C)CC2)cc1. The van der Waals surface area contributed by atoms with Crippen molar-refractivity contribution in [2.75, 3.05) is 26.7 Å². The molecule has 1 aliphatic heterocycles. The van der Waals surface area contributed by atoms with Crippen LogP contribution in [0.4, 0.5) is 0 Å². The zero-order chi connectivity index (χ0) is 14.4. The summed E-state index contributed by atoms with van der Waals surface area (Å²) >= 11 is 0. The van der Waals surface area contributed by atoms with Gasteiger partial charge in [0, 0.05) is 12.5 Å². The van der Waals surface area contributed by atoms with Crippen molar-refractivity contribution in [3.8, 4) is 5.75 Å². The van der Waals surface area contributed by atoms with Gasteiger partial charge in [-0.25, -0.2) is 0 Å². The van der Waals surface area contributed by atoms with Gasteiger partial charge in [0.25, 0.3) is 0 Å². The number of piperidine rings is 1. The van der Waals surface area contributed by atoms with Gasteiger partial charge in [-0.15, -0.1) is 0 Å². The Bertz CT molecular complexity index is 423. The van der Waals surface area contributed by atoms with E-state index in [1.165, 1.54) is 0 Å². The van der Waals surface area contributed by atoms with E-state index in [0.29, 0.717) is 13.2 Å². The highest BCUT2D eigenvalue weighted by atomic mass is 16.5. The average molecular weight is 276 g/mol. The van der Waals surface area contributed by atoms with Gasteiger partial charge in [0.15, 0.2) is 0 Å². The summed E-state index contributed by atoms with van der Waals surface area (Å²) in [6.45, 7) is 5.27. The third kappa shape index (κ3) is 4.23. The first-order valence-electron chi connectivity index (χ1n) is 7.37. The molecule has 0 spiro atoms. The van der Waals surface area contributed by atoms with E-state index < -0.39 is 0 Å². The van der Waals surface area contributed by atoms with Gasteiger partial charge in [0.05, 0.1) is 6.61 Å². The van der Waals surface area contributed by atoms with Gasteiger partial charge in [0.1, 0.15) is 5.75 Å². The Morgan fingerprint density at radius 2 is 1.95 bits per heavy atom. The number of hydrogen-bond donors (Lipinski definition) is 1. The van der Waals surface area contributed by atoms with Crippen LogP contribution in [0.5, 0.6) is 5.75 Å². The van der Waals surface area contributed by atoms with Crippen LogP contribution in [0.25, 0.3) is 0 Å². The lowest BCUT2D eigenvalue weighted by molar-refractivity contribution is -0.126. The van der Waals surface area contributed by atoms with Crippen molar-refractivity contribution in [1.82, 2.24) is 10.2 Å². The average Bonchev–Trinajstić information content (AvgIpc) is 2.47. The van der Waals surface area contributed by atoms with Crippen molar-refractivity contribution in [3.63, 3.8) is 0 Å². The largest absolute Gasteiger partial charge is 0.494 e. The quantitative estimate of drug-likeness (QED) is 0.895. The number of nitrogens with one attached hydrogen (secondary N) is 1. The topological polar surface area (TPSA) is 41.6 Å². The normalized spacial score (nSPS) is 16.9. The first-order valence-corrected chi connectivity index (χ1v) is 7.37. The van der Waals surface area contributed by atoms with Crippen LogP contribution in [0.3, 0.4) is 0 Å². The second kappa shape index (κ2) is 7.29. The zero-order valence-electron chi connectivity index (χ0n) is 12.4. The number of hydrogen-bond acceptors (Lipinski definition) is 3. The Labute approximate surface area is 121 Å². The Morgan fingerprint density at radius 1 is 1.30 bits per heavy atom. The van der Waals surface area contributed by atoms with Crippen LogP contribution in [0.1, 0.15) is 25.3 Å². The molecule has 0 bridgehead atoms. The van der Waals surface area contributed by atoms with Gasteiger partial charge in [-0.05, 0) is 57.6 Å². The monoisotopic (exact) mass is 276 g/mol. The molecule has 1 saturated heterocycles. The molecule has 1 aromatic carbocycles. The lowest BCUT2D eigenvalue weighted by Gasteiger charge is -2.28. The molecule has 110 valence electrons. The molecule has 1 aromatic rings. The summed E-state index contributed by atoms with van der Waals surface area (Å²) in [5, 5.41) is 3.04. The summed E-state index contributed by atoms with van der Waals surface area (Å²) in [6.07, 6.45) is 1.93. The molecule has 0 saturated carbocycles. The van der Waals surface area contributed by atoms with E-state index >= 15 is 0 Å². The molecule has 1 fully saturated rings. The smallest absolute Gasteiger partial charge is 0.223 e. The van der Waals surface area contributed by atoms with E-state index in [1.54, 1.807) is 0 Å². The Morgan fingerprint density at radius 3 is 2.55 bits per heavy atom. The molecule has 2 rings (SSSR count). The Balaban J connectivity index is 1.78. The lowest BCUT2D eigenvalue weighted by atomic mass is 9.96. The number of benzene rings is 1. The van der Waals surface area contributed by atoms with Gasteiger partial charge in [-0.1, -0.05) is 12.1 Å². The third-order valence-electron chi connectivity index (χ3n) is 3.79. The van der Waals surface area contributed by atoms with E-state index in [4.69, 9.17) is 4.74 Å². The molecule has 0 aliphatic carbocycles. The van der Waals surface area contributed by atoms with Crippen molar-refractivity contribution in [2.45, 2.75) is 26.3 Å². The van der Waals surface area contributed by atoms with Crippen molar-refractivity contribution in [3.05, 3.63) is 29.8 Å². The molecule has 0 radical (unpaired) electrons. The first-order chi connectivity index (χ1) is 9.69. The predicted octanol–water partition coefficient (Wildman–Crippen LogP) is 2.04. The predicted molar refractivity (Wildman–Crippen MR) is 79.7 cm³/mol. The number of carbonyl (C=O) groups is 1. The van der Waals surface area contributed by atoms with Gasteiger partial charge >= 0.3 is 0 Å². The minimum atomic E-state index is 0.175. The summed E-state index contributed by atoms with van der Waals surface area (Å²) in [5.41, 5.74) is 1.11. The number of rotatable bonds is 5. The number of ether oxygens (including phenoxy) is 1.